The van der Waals surface area contributed by atoms with E-state index in [9.17, 15) is 14.7 Å². The molecule has 6 nitrogen and oxygen atoms in total. The molecule has 0 unspecified atom stereocenters. The third-order valence-electron chi connectivity index (χ3n) is 7.14. The summed E-state index contributed by atoms with van der Waals surface area (Å²) >= 11 is 0. The molecule has 7 rings (SSSR count). The number of carbonyl (C=O) groups excluding carboxylic acids is 2. The molecule has 146 valence electrons. The van der Waals surface area contributed by atoms with Crippen molar-refractivity contribution in [3.05, 3.63) is 77.9 Å². The fourth-order valence-corrected chi connectivity index (χ4v) is 5.96. The number of piperidine rings is 1. The van der Waals surface area contributed by atoms with Crippen molar-refractivity contribution in [3.63, 3.8) is 0 Å². The lowest BCUT2D eigenvalue weighted by Crippen LogP contribution is -2.72. The van der Waals surface area contributed by atoms with Crippen molar-refractivity contribution in [2.75, 3.05) is 12.0 Å². The molecular formula is C23H20N2O4. The summed E-state index contributed by atoms with van der Waals surface area (Å²) in [7, 11) is 1.63. The number of para-hydroxylation sites is 1. The summed E-state index contributed by atoms with van der Waals surface area (Å²) in [4.78, 5) is 29.9. The largest absolute Gasteiger partial charge is 0.388 e. The van der Waals surface area contributed by atoms with Crippen molar-refractivity contribution in [1.29, 1.82) is 0 Å². The zero-order valence-corrected chi connectivity index (χ0v) is 15.9. The van der Waals surface area contributed by atoms with Gasteiger partial charge in [0, 0.05) is 18.6 Å². The lowest BCUT2D eigenvalue weighted by atomic mass is 9.61. The van der Waals surface area contributed by atoms with Gasteiger partial charge in [-0.2, -0.15) is 0 Å². The van der Waals surface area contributed by atoms with Gasteiger partial charge >= 0.3 is 11.8 Å². The number of anilines is 1. The number of hydrogen-bond donors (Lipinski definition) is 1. The predicted octanol–water partition coefficient (Wildman–Crippen LogP) is 2.32. The molecule has 0 aromatic heterocycles. The minimum atomic E-state index is -1.03. The lowest BCUT2D eigenvalue weighted by Gasteiger charge is -2.64. The maximum atomic E-state index is 13.4. The molecule has 2 aromatic rings. The summed E-state index contributed by atoms with van der Waals surface area (Å²) < 4.78 is 6.03. The first-order valence-electron chi connectivity index (χ1n) is 9.80. The normalized spacial score (nSPS) is 36.4. The smallest absolute Gasteiger partial charge is 0.318 e. The van der Waals surface area contributed by atoms with E-state index in [1.165, 1.54) is 0 Å². The van der Waals surface area contributed by atoms with Crippen LogP contribution in [0.3, 0.4) is 0 Å². The summed E-state index contributed by atoms with van der Waals surface area (Å²) in [6.45, 7) is 0. The number of hydrogen-bond acceptors (Lipinski definition) is 4. The van der Waals surface area contributed by atoms with Crippen molar-refractivity contribution < 1.29 is 19.4 Å². The molecule has 29 heavy (non-hydrogen) atoms. The Labute approximate surface area is 168 Å². The molecule has 2 amide bonds. The number of aliphatic hydroxyl groups is 1. The molecule has 2 aromatic carbocycles. The molecular weight excluding hydrogens is 368 g/mol. The number of carbonyl (C=O) groups is 2. The Bertz CT molecular complexity index is 1080. The predicted molar refractivity (Wildman–Crippen MR) is 105 cm³/mol. The minimum absolute atomic E-state index is 0.377. The van der Waals surface area contributed by atoms with Gasteiger partial charge in [-0.25, -0.2) is 0 Å². The molecule has 0 saturated carbocycles. The number of aliphatic hydroxyl groups excluding tert-OH is 1. The average molecular weight is 388 g/mol. The van der Waals surface area contributed by atoms with E-state index in [1.54, 1.807) is 23.0 Å². The number of ether oxygens (including phenoxy) is 1. The van der Waals surface area contributed by atoms with E-state index in [0.717, 1.165) is 5.56 Å². The molecule has 4 aliphatic heterocycles. The standard InChI is InChI=1S/C23H20N2O4/c1-29-22-11-12-23-16(13-22)18(26)15-9-5-6-10-17(15)24(23)20(27)21(28)25(23)19(22)14-7-3-2-4-8-14/h2-12,16,18-19,26H,13H2,1H3/t16-,18+,19+,22+,23+/m1/s1. The first-order chi connectivity index (χ1) is 14.0. The minimum Gasteiger partial charge on any atom is -0.388 e. The van der Waals surface area contributed by atoms with Gasteiger partial charge in [0.2, 0.25) is 0 Å². The second kappa shape index (κ2) is 5.34. The van der Waals surface area contributed by atoms with E-state index in [2.05, 4.69) is 0 Å². The molecule has 5 aliphatic rings. The number of nitrogens with zero attached hydrogens (tertiary/aromatic N) is 2. The fourth-order valence-electron chi connectivity index (χ4n) is 5.96. The zero-order valence-electron chi connectivity index (χ0n) is 15.9. The molecule has 5 atom stereocenters. The third-order valence-corrected chi connectivity index (χ3v) is 7.14. The highest BCUT2D eigenvalue weighted by Gasteiger charge is 2.73. The first kappa shape index (κ1) is 16.9. The Morgan fingerprint density at radius 1 is 1.00 bits per heavy atom. The number of benzene rings is 2. The molecule has 2 bridgehead atoms. The van der Waals surface area contributed by atoms with E-state index in [0.29, 0.717) is 17.7 Å². The highest BCUT2D eigenvalue weighted by Crippen LogP contribution is 2.64. The number of rotatable bonds is 2. The Hall–Kier alpha value is -2.96. The monoisotopic (exact) mass is 388 g/mol. The van der Waals surface area contributed by atoms with E-state index < -0.39 is 35.2 Å². The maximum absolute atomic E-state index is 13.4. The van der Waals surface area contributed by atoms with Crippen molar-refractivity contribution in [2.24, 2.45) is 5.92 Å². The van der Waals surface area contributed by atoms with Gasteiger partial charge in [-0.15, -0.1) is 0 Å². The van der Waals surface area contributed by atoms with Gasteiger partial charge in [-0.3, -0.25) is 19.4 Å². The van der Waals surface area contributed by atoms with Crippen LogP contribution in [0.15, 0.2) is 66.7 Å². The highest BCUT2D eigenvalue weighted by atomic mass is 16.5. The summed E-state index contributed by atoms with van der Waals surface area (Å²) in [6.07, 6.45) is 3.58. The Morgan fingerprint density at radius 2 is 1.72 bits per heavy atom. The van der Waals surface area contributed by atoms with Crippen molar-refractivity contribution in [2.45, 2.75) is 29.8 Å². The van der Waals surface area contributed by atoms with Gasteiger partial charge in [0.05, 0.1) is 17.8 Å². The second-order valence-corrected chi connectivity index (χ2v) is 8.22. The van der Waals surface area contributed by atoms with Gasteiger partial charge < -0.3 is 9.84 Å². The quantitative estimate of drug-likeness (QED) is 0.633. The summed E-state index contributed by atoms with van der Waals surface area (Å²) in [5.41, 5.74) is 0.346. The zero-order chi connectivity index (χ0) is 20.0. The van der Waals surface area contributed by atoms with E-state index in [-0.39, 0.29) is 5.92 Å². The van der Waals surface area contributed by atoms with Gasteiger partial charge in [-0.1, -0.05) is 54.6 Å². The number of fused-ring (bicyclic) bond motifs is 2. The van der Waals surface area contributed by atoms with E-state index >= 15 is 0 Å². The van der Waals surface area contributed by atoms with Crippen LogP contribution in [0.4, 0.5) is 5.69 Å². The molecule has 1 N–H and O–H groups in total. The van der Waals surface area contributed by atoms with Gasteiger partial charge in [0.15, 0.2) is 0 Å². The molecule has 0 radical (unpaired) electrons. The summed E-state index contributed by atoms with van der Waals surface area (Å²) in [5.74, 6) is -1.50. The van der Waals surface area contributed by atoms with Crippen LogP contribution < -0.4 is 4.90 Å². The van der Waals surface area contributed by atoms with Crippen LogP contribution in [0.1, 0.15) is 29.7 Å². The van der Waals surface area contributed by atoms with Crippen LogP contribution in [0.25, 0.3) is 0 Å². The first-order valence-corrected chi connectivity index (χ1v) is 9.80. The molecule has 2 saturated heterocycles. The number of methoxy groups -OCH3 is 1. The van der Waals surface area contributed by atoms with Crippen LogP contribution in [-0.2, 0) is 14.3 Å². The van der Waals surface area contributed by atoms with Crippen LogP contribution in [0.2, 0.25) is 0 Å². The van der Waals surface area contributed by atoms with Crippen LogP contribution in [0.5, 0.6) is 0 Å². The van der Waals surface area contributed by atoms with Gasteiger partial charge in [0.25, 0.3) is 0 Å². The SMILES string of the molecule is CO[C@@]12C=C[C@]34[C@H](C1)[C@@H](O)c1ccccc1N3C(=O)C(=O)N4[C@H]2c1ccccc1. The Kier molecular flexibility index (Phi) is 3.12. The van der Waals surface area contributed by atoms with Crippen LogP contribution in [0, 0.1) is 5.92 Å². The molecule has 2 fully saturated rings. The molecule has 1 spiro atoms. The van der Waals surface area contributed by atoms with Crippen molar-refractivity contribution >= 4 is 17.5 Å². The lowest BCUT2D eigenvalue weighted by molar-refractivity contribution is -0.179. The van der Waals surface area contributed by atoms with Gasteiger partial charge in [-0.05, 0) is 24.1 Å². The summed E-state index contributed by atoms with van der Waals surface area (Å²) in [6, 6.07) is 16.5. The third kappa shape index (κ3) is 1.75. The Balaban J connectivity index is 1.67. The number of amides is 2. The van der Waals surface area contributed by atoms with E-state index in [4.69, 9.17) is 4.74 Å². The molecule has 4 heterocycles. The second-order valence-electron chi connectivity index (χ2n) is 8.22. The van der Waals surface area contributed by atoms with Crippen LogP contribution >= 0.6 is 0 Å². The van der Waals surface area contributed by atoms with E-state index in [1.807, 2.05) is 60.7 Å². The topological polar surface area (TPSA) is 70.1 Å². The van der Waals surface area contributed by atoms with Gasteiger partial charge in [0.1, 0.15) is 11.3 Å². The average Bonchev–Trinajstić information content (AvgIpc) is 3.00. The Morgan fingerprint density at radius 3 is 2.48 bits per heavy atom. The molecule has 1 aliphatic carbocycles. The van der Waals surface area contributed by atoms with Crippen LogP contribution in [-0.4, -0.2) is 40.2 Å². The van der Waals surface area contributed by atoms with Crippen molar-refractivity contribution in [1.82, 2.24) is 4.90 Å². The maximum Gasteiger partial charge on any atom is 0.318 e. The molecule has 6 heteroatoms. The fraction of sp³-hybridized carbons (Fsp3) is 0.304. The highest BCUT2D eigenvalue weighted by molar-refractivity contribution is 6.44. The van der Waals surface area contributed by atoms with Crippen molar-refractivity contribution in [3.8, 4) is 0 Å². The summed E-state index contributed by atoms with van der Waals surface area (Å²) in [5, 5.41) is 11.3.